The highest BCUT2D eigenvalue weighted by molar-refractivity contribution is 5.40. The first-order chi connectivity index (χ1) is 12.8. The summed E-state index contributed by atoms with van der Waals surface area (Å²) in [6.45, 7) is 0.875. The van der Waals surface area contributed by atoms with E-state index in [2.05, 4.69) is 4.98 Å². The highest BCUT2D eigenvalue weighted by Gasteiger charge is 2.28. The van der Waals surface area contributed by atoms with Gasteiger partial charge < -0.3 is 25.1 Å². The fourth-order valence-electron chi connectivity index (χ4n) is 2.28. The maximum atomic E-state index is 12.3. The van der Waals surface area contributed by atoms with Gasteiger partial charge in [-0.3, -0.25) is 4.98 Å². The minimum atomic E-state index is -4.43. The van der Waals surface area contributed by atoms with Gasteiger partial charge in [-0.1, -0.05) is 12.1 Å². The second kappa shape index (κ2) is 9.43. The molecule has 0 aliphatic heterocycles. The highest BCUT2D eigenvalue weighted by atomic mass is 19.4. The lowest BCUT2D eigenvalue weighted by atomic mass is 10.1. The van der Waals surface area contributed by atoms with Crippen molar-refractivity contribution in [3.63, 3.8) is 0 Å². The number of halogens is 3. The SMILES string of the molecule is Cc1ncc(COCCOc2ccccc2OCC(F)(F)F)c(CN)c1O. The molecular formula is C18H21F3N2O4. The number of rotatable bonds is 9. The summed E-state index contributed by atoms with van der Waals surface area (Å²) >= 11 is 0. The molecule has 148 valence electrons. The molecule has 2 aromatic rings. The molecule has 1 aromatic heterocycles. The molecule has 0 atom stereocenters. The second-order valence-corrected chi connectivity index (χ2v) is 5.65. The average molecular weight is 386 g/mol. The smallest absolute Gasteiger partial charge is 0.422 e. The van der Waals surface area contributed by atoms with Crippen molar-refractivity contribution in [2.75, 3.05) is 19.8 Å². The summed E-state index contributed by atoms with van der Waals surface area (Å²) in [5.41, 5.74) is 7.35. The molecule has 0 saturated heterocycles. The van der Waals surface area contributed by atoms with Crippen molar-refractivity contribution < 1.29 is 32.5 Å². The molecule has 0 amide bonds. The van der Waals surface area contributed by atoms with Crippen LogP contribution in [0.1, 0.15) is 16.8 Å². The van der Waals surface area contributed by atoms with E-state index in [0.29, 0.717) is 16.8 Å². The average Bonchev–Trinajstić information content (AvgIpc) is 2.63. The van der Waals surface area contributed by atoms with E-state index in [0.717, 1.165) is 0 Å². The van der Waals surface area contributed by atoms with Crippen LogP contribution in [0.4, 0.5) is 13.2 Å². The van der Waals surface area contributed by atoms with Crippen molar-refractivity contribution in [1.82, 2.24) is 4.98 Å². The van der Waals surface area contributed by atoms with Crippen molar-refractivity contribution >= 4 is 0 Å². The number of alkyl halides is 3. The lowest BCUT2D eigenvalue weighted by Gasteiger charge is -2.14. The van der Waals surface area contributed by atoms with Crippen LogP contribution in [0.25, 0.3) is 0 Å². The van der Waals surface area contributed by atoms with Crippen molar-refractivity contribution in [3.05, 3.63) is 47.3 Å². The van der Waals surface area contributed by atoms with Crippen LogP contribution in [-0.2, 0) is 17.9 Å². The summed E-state index contributed by atoms with van der Waals surface area (Å²) in [4.78, 5) is 4.06. The second-order valence-electron chi connectivity index (χ2n) is 5.65. The number of benzene rings is 1. The molecule has 0 aliphatic carbocycles. The number of aryl methyl sites for hydroxylation is 1. The van der Waals surface area contributed by atoms with Gasteiger partial charge in [0, 0.05) is 23.9 Å². The molecule has 9 heteroatoms. The molecule has 3 N–H and O–H groups in total. The standard InChI is InChI=1S/C18H21F3N2O4/c1-12-17(24)14(8-22)13(9-23-12)10-25-6-7-26-15-4-2-3-5-16(15)27-11-18(19,20)21/h2-5,9,24H,6-8,10-11,22H2,1H3. The Bertz CT molecular complexity index is 754. The summed E-state index contributed by atoms with van der Waals surface area (Å²) in [6.07, 6.45) is -2.84. The first-order valence-electron chi connectivity index (χ1n) is 8.17. The molecule has 27 heavy (non-hydrogen) atoms. The maximum Gasteiger partial charge on any atom is 0.422 e. The van der Waals surface area contributed by atoms with E-state index < -0.39 is 12.8 Å². The lowest BCUT2D eigenvalue weighted by Crippen LogP contribution is -2.19. The fourth-order valence-corrected chi connectivity index (χ4v) is 2.28. The van der Waals surface area contributed by atoms with Crippen LogP contribution in [0, 0.1) is 6.92 Å². The van der Waals surface area contributed by atoms with Gasteiger partial charge in [-0.05, 0) is 19.1 Å². The van der Waals surface area contributed by atoms with E-state index in [1.807, 2.05) is 0 Å². The van der Waals surface area contributed by atoms with Crippen LogP contribution in [0.5, 0.6) is 17.2 Å². The van der Waals surface area contributed by atoms with Crippen molar-refractivity contribution in [3.8, 4) is 17.2 Å². The molecule has 0 bridgehead atoms. The van der Waals surface area contributed by atoms with Crippen LogP contribution in [0.15, 0.2) is 30.5 Å². The van der Waals surface area contributed by atoms with E-state index >= 15 is 0 Å². The predicted molar refractivity (Wildman–Crippen MR) is 91.7 cm³/mol. The first-order valence-corrected chi connectivity index (χ1v) is 8.17. The number of nitrogens with two attached hydrogens (primary N) is 1. The zero-order chi connectivity index (χ0) is 19.9. The summed E-state index contributed by atoms with van der Waals surface area (Å²) in [5.74, 6) is 0.251. The van der Waals surface area contributed by atoms with E-state index in [1.54, 1.807) is 25.3 Å². The van der Waals surface area contributed by atoms with Gasteiger partial charge in [0.15, 0.2) is 18.1 Å². The first kappa shape index (κ1) is 20.8. The van der Waals surface area contributed by atoms with Gasteiger partial charge in [0.2, 0.25) is 0 Å². The number of pyridine rings is 1. The van der Waals surface area contributed by atoms with E-state index in [1.165, 1.54) is 12.1 Å². The summed E-state index contributed by atoms with van der Waals surface area (Å²) < 4.78 is 52.5. The highest BCUT2D eigenvalue weighted by Crippen LogP contribution is 2.28. The molecule has 0 spiro atoms. The minimum absolute atomic E-state index is 0.00731. The van der Waals surface area contributed by atoms with Gasteiger partial charge in [0.1, 0.15) is 12.4 Å². The third kappa shape index (κ3) is 6.30. The zero-order valence-corrected chi connectivity index (χ0v) is 14.8. The van der Waals surface area contributed by atoms with Gasteiger partial charge in [0.25, 0.3) is 0 Å². The predicted octanol–water partition coefficient (Wildman–Crippen LogP) is 3.09. The van der Waals surface area contributed by atoms with Crippen molar-refractivity contribution in [1.29, 1.82) is 0 Å². The van der Waals surface area contributed by atoms with E-state index in [-0.39, 0.29) is 43.6 Å². The molecule has 1 heterocycles. The lowest BCUT2D eigenvalue weighted by molar-refractivity contribution is -0.153. The van der Waals surface area contributed by atoms with Gasteiger partial charge in [-0.15, -0.1) is 0 Å². The Morgan fingerprint density at radius 3 is 2.41 bits per heavy atom. The molecule has 6 nitrogen and oxygen atoms in total. The largest absolute Gasteiger partial charge is 0.506 e. The Hall–Kier alpha value is -2.52. The normalized spacial score (nSPS) is 11.4. The monoisotopic (exact) mass is 386 g/mol. The molecule has 1 aromatic carbocycles. The maximum absolute atomic E-state index is 12.3. The number of para-hydroxylation sites is 2. The number of aromatic hydroxyl groups is 1. The topological polar surface area (TPSA) is 86.8 Å². The number of ether oxygens (including phenoxy) is 3. The Labute approximate surface area is 154 Å². The number of hydrogen-bond acceptors (Lipinski definition) is 6. The molecule has 0 aliphatic rings. The zero-order valence-electron chi connectivity index (χ0n) is 14.8. The number of nitrogens with zero attached hydrogens (tertiary/aromatic N) is 1. The van der Waals surface area contributed by atoms with Crippen LogP contribution in [0.2, 0.25) is 0 Å². The minimum Gasteiger partial charge on any atom is -0.506 e. The fraction of sp³-hybridized carbons (Fsp3) is 0.389. The Kier molecular flexibility index (Phi) is 7.26. The summed E-state index contributed by atoms with van der Waals surface area (Å²) in [7, 11) is 0. The quantitative estimate of drug-likeness (QED) is 0.644. The van der Waals surface area contributed by atoms with Crippen molar-refractivity contribution in [2.45, 2.75) is 26.3 Å². The van der Waals surface area contributed by atoms with Gasteiger partial charge in [0.05, 0.1) is 18.9 Å². The number of hydrogen-bond donors (Lipinski definition) is 2. The Balaban J connectivity index is 1.84. The van der Waals surface area contributed by atoms with Crippen LogP contribution < -0.4 is 15.2 Å². The molecule has 0 radical (unpaired) electrons. The number of aromatic nitrogens is 1. The van der Waals surface area contributed by atoms with Gasteiger partial charge in [-0.2, -0.15) is 13.2 Å². The summed E-state index contributed by atoms with van der Waals surface area (Å²) in [5, 5.41) is 9.95. The van der Waals surface area contributed by atoms with Gasteiger partial charge in [-0.25, -0.2) is 0 Å². The third-order valence-electron chi connectivity index (χ3n) is 3.62. The summed E-state index contributed by atoms with van der Waals surface area (Å²) in [6, 6.07) is 6.10. The Morgan fingerprint density at radius 1 is 1.11 bits per heavy atom. The Morgan fingerprint density at radius 2 is 1.78 bits per heavy atom. The third-order valence-corrected chi connectivity index (χ3v) is 3.62. The molecule has 0 saturated carbocycles. The molecule has 0 fully saturated rings. The van der Waals surface area contributed by atoms with E-state index in [9.17, 15) is 18.3 Å². The molecule has 0 unspecified atom stereocenters. The van der Waals surface area contributed by atoms with Crippen molar-refractivity contribution in [2.24, 2.45) is 5.73 Å². The van der Waals surface area contributed by atoms with Gasteiger partial charge >= 0.3 is 6.18 Å². The van der Waals surface area contributed by atoms with Crippen LogP contribution in [0.3, 0.4) is 0 Å². The van der Waals surface area contributed by atoms with Crippen LogP contribution in [-0.4, -0.2) is 36.1 Å². The van der Waals surface area contributed by atoms with E-state index in [4.69, 9.17) is 19.9 Å². The molecule has 2 rings (SSSR count). The van der Waals surface area contributed by atoms with Crippen LogP contribution >= 0.6 is 0 Å². The molecular weight excluding hydrogens is 365 g/mol.